The molecule has 3 rings (SSSR count). The van der Waals surface area contributed by atoms with Crippen molar-refractivity contribution in [2.45, 2.75) is 0 Å². The molecule has 0 saturated carbocycles. The number of amides is 1. The van der Waals surface area contributed by atoms with Gasteiger partial charge in [-0.2, -0.15) is 0 Å². The molecule has 0 saturated heterocycles. The van der Waals surface area contributed by atoms with Gasteiger partial charge in [0.25, 0.3) is 5.91 Å². The highest BCUT2D eigenvalue weighted by Gasteiger charge is 2.14. The topological polar surface area (TPSA) is 66.4 Å². The predicted octanol–water partition coefficient (Wildman–Crippen LogP) is 5.58. The van der Waals surface area contributed by atoms with Crippen LogP contribution in [0.15, 0.2) is 66.4 Å². The standard InChI is InChI=1S/C20H13Cl2NO3S/c21-13-7-5-12(6-8-13)19(24)23-17(20(25)26)11-14-9-10-18(27-14)15-3-1-2-4-16(15)22/h1-11H,(H,23,24)(H,25,26)/b17-11+. The number of halogens is 2. The van der Waals surface area contributed by atoms with Crippen molar-refractivity contribution in [3.63, 3.8) is 0 Å². The third kappa shape index (κ3) is 4.77. The van der Waals surface area contributed by atoms with Crippen molar-refractivity contribution in [2.24, 2.45) is 0 Å². The monoisotopic (exact) mass is 417 g/mol. The lowest BCUT2D eigenvalue weighted by atomic mass is 10.2. The molecule has 7 heteroatoms. The minimum Gasteiger partial charge on any atom is -0.477 e. The van der Waals surface area contributed by atoms with Crippen molar-refractivity contribution >= 4 is 52.5 Å². The van der Waals surface area contributed by atoms with Crippen molar-refractivity contribution in [3.8, 4) is 10.4 Å². The number of hydrogen-bond donors (Lipinski definition) is 2. The molecule has 3 aromatic rings. The zero-order chi connectivity index (χ0) is 19.4. The molecule has 27 heavy (non-hydrogen) atoms. The molecule has 0 bridgehead atoms. The van der Waals surface area contributed by atoms with E-state index in [4.69, 9.17) is 23.2 Å². The number of rotatable bonds is 5. The summed E-state index contributed by atoms with van der Waals surface area (Å²) in [5.74, 6) is -1.76. The first-order chi connectivity index (χ1) is 12.9. The van der Waals surface area contributed by atoms with Crippen LogP contribution in [0.3, 0.4) is 0 Å². The Balaban J connectivity index is 1.84. The van der Waals surface area contributed by atoms with Gasteiger partial charge in [-0.3, -0.25) is 4.79 Å². The third-order valence-corrected chi connectivity index (χ3v) is 5.28. The molecule has 1 aromatic heterocycles. The van der Waals surface area contributed by atoms with E-state index in [9.17, 15) is 14.7 Å². The lowest BCUT2D eigenvalue weighted by molar-refractivity contribution is -0.132. The van der Waals surface area contributed by atoms with Crippen LogP contribution < -0.4 is 5.32 Å². The van der Waals surface area contributed by atoms with Crippen LogP contribution in [0, 0.1) is 0 Å². The maximum absolute atomic E-state index is 12.3. The zero-order valence-electron chi connectivity index (χ0n) is 13.8. The molecule has 0 spiro atoms. The summed E-state index contributed by atoms with van der Waals surface area (Å²) >= 11 is 13.4. The van der Waals surface area contributed by atoms with Gasteiger partial charge < -0.3 is 10.4 Å². The molecule has 2 aromatic carbocycles. The Labute approximate surface area is 169 Å². The summed E-state index contributed by atoms with van der Waals surface area (Å²) in [6.07, 6.45) is 1.42. The molecule has 0 radical (unpaired) electrons. The summed E-state index contributed by atoms with van der Waals surface area (Å²) in [6.45, 7) is 0. The van der Waals surface area contributed by atoms with Gasteiger partial charge in [0.15, 0.2) is 0 Å². The molecule has 0 aliphatic heterocycles. The summed E-state index contributed by atoms with van der Waals surface area (Å²) in [7, 11) is 0. The van der Waals surface area contributed by atoms with Gasteiger partial charge in [0, 0.05) is 30.9 Å². The fourth-order valence-corrected chi connectivity index (χ4v) is 3.74. The van der Waals surface area contributed by atoms with E-state index in [2.05, 4.69) is 5.32 Å². The van der Waals surface area contributed by atoms with Crippen LogP contribution in [0.5, 0.6) is 0 Å². The summed E-state index contributed by atoms with van der Waals surface area (Å²) in [5, 5.41) is 13.0. The minimum absolute atomic E-state index is 0.220. The molecule has 0 aliphatic rings. The van der Waals surface area contributed by atoms with E-state index in [-0.39, 0.29) is 5.70 Å². The largest absolute Gasteiger partial charge is 0.477 e. The molecule has 0 unspecified atom stereocenters. The molecular weight excluding hydrogens is 405 g/mol. The Morgan fingerprint density at radius 1 is 0.963 bits per heavy atom. The maximum Gasteiger partial charge on any atom is 0.352 e. The Bertz CT molecular complexity index is 1030. The SMILES string of the molecule is O=C(O)/C(=C\c1ccc(-c2ccccc2Cl)s1)NC(=O)c1ccc(Cl)cc1. The zero-order valence-corrected chi connectivity index (χ0v) is 16.1. The molecule has 0 atom stereocenters. The smallest absolute Gasteiger partial charge is 0.352 e. The highest BCUT2D eigenvalue weighted by Crippen LogP contribution is 2.33. The Kier molecular flexibility index (Phi) is 5.96. The van der Waals surface area contributed by atoms with Crippen molar-refractivity contribution in [1.82, 2.24) is 5.32 Å². The average Bonchev–Trinajstić information content (AvgIpc) is 3.10. The Morgan fingerprint density at radius 3 is 2.33 bits per heavy atom. The van der Waals surface area contributed by atoms with Crippen LogP contribution in [-0.2, 0) is 4.79 Å². The van der Waals surface area contributed by atoms with Gasteiger partial charge in [0.1, 0.15) is 5.70 Å². The van der Waals surface area contributed by atoms with E-state index in [0.717, 1.165) is 10.4 Å². The first kappa shape index (κ1) is 19.2. The molecule has 0 aliphatic carbocycles. The van der Waals surface area contributed by atoms with Crippen LogP contribution in [0.25, 0.3) is 16.5 Å². The van der Waals surface area contributed by atoms with Gasteiger partial charge >= 0.3 is 5.97 Å². The molecular formula is C20H13Cl2NO3S. The summed E-state index contributed by atoms with van der Waals surface area (Å²) in [6, 6.07) is 17.2. The second-order valence-corrected chi connectivity index (χ2v) is 7.47. The number of aliphatic carboxylic acids is 1. The van der Waals surface area contributed by atoms with E-state index in [1.807, 2.05) is 24.3 Å². The highest BCUT2D eigenvalue weighted by molar-refractivity contribution is 7.16. The van der Waals surface area contributed by atoms with Crippen molar-refractivity contribution in [1.29, 1.82) is 0 Å². The summed E-state index contributed by atoms with van der Waals surface area (Å²) in [5.41, 5.74) is 0.961. The first-order valence-electron chi connectivity index (χ1n) is 7.80. The molecule has 0 fully saturated rings. The average molecular weight is 418 g/mol. The van der Waals surface area contributed by atoms with Crippen molar-refractivity contribution < 1.29 is 14.7 Å². The maximum atomic E-state index is 12.3. The normalized spacial score (nSPS) is 11.3. The van der Waals surface area contributed by atoms with Crippen LogP contribution in [0.1, 0.15) is 15.2 Å². The number of carbonyl (C=O) groups is 2. The molecule has 1 heterocycles. The second-order valence-electron chi connectivity index (χ2n) is 5.51. The number of carboxylic acids is 1. The van der Waals surface area contributed by atoms with Crippen LogP contribution in [0.2, 0.25) is 10.0 Å². The van der Waals surface area contributed by atoms with Gasteiger partial charge in [-0.25, -0.2) is 4.79 Å². The van der Waals surface area contributed by atoms with Crippen molar-refractivity contribution in [2.75, 3.05) is 0 Å². The van der Waals surface area contributed by atoms with Gasteiger partial charge in [0.2, 0.25) is 0 Å². The summed E-state index contributed by atoms with van der Waals surface area (Å²) < 4.78 is 0. The van der Waals surface area contributed by atoms with Gasteiger partial charge in [0.05, 0.1) is 0 Å². The number of carbonyl (C=O) groups excluding carboxylic acids is 1. The quantitative estimate of drug-likeness (QED) is 0.532. The molecule has 136 valence electrons. The van der Waals surface area contributed by atoms with E-state index in [0.29, 0.717) is 20.5 Å². The first-order valence-corrected chi connectivity index (χ1v) is 9.38. The molecule has 1 amide bonds. The number of thiophene rings is 1. The highest BCUT2D eigenvalue weighted by atomic mass is 35.5. The number of benzene rings is 2. The fraction of sp³-hybridized carbons (Fsp3) is 0. The second kappa shape index (κ2) is 8.39. The summed E-state index contributed by atoms with van der Waals surface area (Å²) in [4.78, 5) is 25.4. The predicted molar refractivity (Wildman–Crippen MR) is 109 cm³/mol. The van der Waals surface area contributed by atoms with Crippen LogP contribution in [-0.4, -0.2) is 17.0 Å². The van der Waals surface area contributed by atoms with E-state index < -0.39 is 11.9 Å². The lowest BCUT2D eigenvalue weighted by Crippen LogP contribution is -2.27. The molecule has 4 nitrogen and oxygen atoms in total. The third-order valence-electron chi connectivity index (χ3n) is 3.64. The Hall–Kier alpha value is -2.60. The Morgan fingerprint density at radius 2 is 1.67 bits per heavy atom. The number of carboxylic acid groups (broad SMARTS) is 1. The van der Waals surface area contributed by atoms with Gasteiger partial charge in [-0.05, 0) is 48.5 Å². The van der Waals surface area contributed by atoms with E-state index in [1.165, 1.54) is 29.5 Å². The number of hydrogen-bond acceptors (Lipinski definition) is 3. The van der Waals surface area contributed by atoms with Crippen LogP contribution in [0.4, 0.5) is 0 Å². The number of nitrogens with one attached hydrogen (secondary N) is 1. The van der Waals surface area contributed by atoms with Gasteiger partial charge in [-0.15, -0.1) is 11.3 Å². The molecule has 2 N–H and O–H groups in total. The van der Waals surface area contributed by atoms with E-state index >= 15 is 0 Å². The van der Waals surface area contributed by atoms with E-state index in [1.54, 1.807) is 24.3 Å². The van der Waals surface area contributed by atoms with Crippen LogP contribution >= 0.6 is 34.5 Å². The van der Waals surface area contributed by atoms with Crippen molar-refractivity contribution in [3.05, 3.63) is 86.8 Å². The van der Waals surface area contributed by atoms with Gasteiger partial charge in [-0.1, -0.05) is 41.4 Å². The fourth-order valence-electron chi connectivity index (χ4n) is 2.33. The minimum atomic E-state index is -1.23. The lowest BCUT2D eigenvalue weighted by Gasteiger charge is -2.06.